The number of carbonyl (C=O) groups is 3. The highest BCUT2D eigenvalue weighted by Gasteiger charge is 2.43. The van der Waals surface area contributed by atoms with E-state index in [1.54, 1.807) is 19.1 Å². The first-order chi connectivity index (χ1) is 18.6. The Bertz CT molecular complexity index is 1370. The minimum atomic E-state index is -1.41. The SMILES string of the molecule is CCCc1cc(C)c(NC(=O)Nc2cc3ccccc3cc2C(=O)N[C@](C)(C(=O)O)C2CCCCC2)c(C)c1. The van der Waals surface area contributed by atoms with Gasteiger partial charge in [-0.1, -0.05) is 69.0 Å². The van der Waals surface area contributed by atoms with E-state index in [-0.39, 0.29) is 11.5 Å². The molecule has 0 aromatic heterocycles. The van der Waals surface area contributed by atoms with E-state index in [0.29, 0.717) is 5.69 Å². The predicted molar refractivity (Wildman–Crippen MR) is 157 cm³/mol. The van der Waals surface area contributed by atoms with Crippen molar-refractivity contribution in [3.8, 4) is 0 Å². The van der Waals surface area contributed by atoms with Crippen molar-refractivity contribution in [2.75, 3.05) is 10.6 Å². The monoisotopic (exact) mass is 529 g/mol. The topological polar surface area (TPSA) is 108 Å². The Morgan fingerprint density at radius 1 is 0.923 bits per heavy atom. The normalized spacial score (nSPS) is 15.4. The van der Waals surface area contributed by atoms with Crippen LogP contribution in [-0.4, -0.2) is 28.6 Å². The summed E-state index contributed by atoms with van der Waals surface area (Å²) in [7, 11) is 0. The Kier molecular flexibility index (Phi) is 8.58. The van der Waals surface area contributed by atoms with Gasteiger partial charge in [-0.2, -0.15) is 0 Å². The number of fused-ring (bicyclic) bond motifs is 1. The van der Waals surface area contributed by atoms with Gasteiger partial charge in [-0.15, -0.1) is 0 Å². The lowest BCUT2D eigenvalue weighted by molar-refractivity contribution is -0.146. The van der Waals surface area contributed by atoms with Crippen LogP contribution >= 0.6 is 0 Å². The third-order valence-electron chi connectivity index (χ3n) is 7.99. The van der Waals surface area contributed by atoms with Gasteiger partial charge in [0.25, 0.3) is 5.91 Å². The third kappa shape index (κ3) is 6.24. The average Bonchev–Trinajstić information content (AvgIpc) is 2.91. The van der Waals surface area contributed by atoms with Gasteiger partial charge in [0, 0.05) is 5.69 Å². The molecule has 0 spiro atoms. The fraction of sp³-hybridized carbons (Fsp3) is 0.406. The van der Waals surface area contributed by atoms with Gasteiger partial charge in [-0.3, -0.25) is 4.79 Å². The van der Waals surface area contributed by atoms with Gasteiger partial charge < -0.3 is 21.1 Å². The lowest BCUT2D eigenvalue weighted by atomic mass is 9.75. The predicted octanol–water partition coefficient (Wildman–Crippen LogP) is 7.21. The molecule has 0 aliphatic heterocycles. The summed E-state index contributed by atoms with van der Waals surface area (Å²) in [4.78, 5) is 39.3. The Labute approximate surface area is 230 Å². The average molecular weight is 530 g/mol. The van der Waals surface area contributed by atoms with Gasteiger partial charge in [0.15, 0.2) is 0 Å². The zero-order valence-electron chi connectivity index (χ0n) is 23.3. The van der Waals surface area contributed by atoms with Crippen LogP contribution in [0.15, 0.2) is 48.5 Å². The maximum atomic E-state index is 13.7. The Hall–Kier alpha value is -3.87. The van der Waals surface area contributed by atoms with Gasteiger partial charge >= 0.3 is 12.0 Å². The Balaban J connectivity index is 1.64. The summed E-state index contributed by atoms with van der Waals surface area (Å²) in [6, 6.07) is 14.7. The molecule has 0 saturated heterocycles. The smallest absolute Gasteiger partial charge is 0.329 e. The van der Waals surface area contributed by atoms with E-state index in [9.17, 15) is 19.5 Å². The molecular formula is C32H39N3O4. The van der Waals surface area contributed by atoms with Crippen LogP contribution in [0.1, 0.15) is 79.4 Å². The molecule has 4 rings (SSSR count). The van der Waals surface area contributed by atoms with Gasteiger partial charge in [0.05, 0.1) is 11.3 Å². The number of nitrogens with one attached hydrogen (secondary N) is 3. The molecule has 3 aromatic rings. The number of hydrogen-bond donors (Lipinski definition) is 4. The maximum Gasteiger partial charge on any atom is 0.329 e. The molecule has 4 N–H and O–H groups in total. The number of hydrogen-bond acceptors (Lipinski definition) is 3. The van der Waals surface area contributed by atoms with Gasteiger partial charge in [0.2, 0.25) is 0 Å². The molecular weight excluding hydrogens is 490 g/mol. The van der Waals surface area contributed by atoms with E-state index in [2.05, 4.69) is 35.0 Å². The molecule has 0 bridgehead atoms. The molecule has 7 heteroatoms. The van der Waals surface area contributed by atoms with Crippen molar-refractivity contribution in [2.24, 2.45) is 5.92 Å². The fourth-order valence-corrected chi connectivity index (χ4v) is 5.80. The minimum absolute atomic E-state index is 0.158. The van der Waals surface area contributed by atoms with Crippen LogP contribution in [0.2, 0.25) is 0 Å². The number of benzene rings is 3. The number of aliphatic carboxylic acids is 1. The Morgan fingerprint density at radius 3 is 2.13 bits per heavy atom. The van der Waals surface area contributed by atoms with E-state index in [4.69, 9.17) is 0 Å². The van der Waals surface area contributed by atoms with Crippen molar-refractivity contribution in [1.29, 1.82) is 0 Å². The quantitative estimate of drug-likeness (QED) is 0.247. The third-order valence-corrected chi connectivity index (χ3v) is 7.99. The van der Waals surface area contributed by atoms with E-state index in [1.165, 1.54) is 5.56 Å². The van der Waals surface area contributed by atoms with Crippen LogP contribution in [0.4, 0.5) is 16.2 Å². The molecule has 1 saturated carbocycles. The summed E-state index contributed by atoms with van der Waals surface area (Å²) in [5.74, 6) is -1.73. The highest BCUT2D eigenvalue weighted by atomic mass is 16.4. The van der Waals surface area contributed by atoms with Crippen LogP contribution in [0.5, 0.6) is 0 Å². The summed E-state index contributed by atoms with van der Waals surface area (Å²) >= 11 is 0. The molecule has 1 aliphatic rings. The fourth-order valence-electron chi connectivity index (χ4n) is 5.80. The number of aryl methyl sites for hydroxylation is 3. The van der Waals surface area contributed by atoms with Crippen molar-refractivity contribution >= 4 is 40.1 Å². The number of carboxylic acid groups (broad SMARTS) is 1. The summed E-state index contributed by atoms with van der Waals surface area (Å²) in [6.45, 7) is 7.66. The van der Waals surface area contributed by atoms with E-state index in [1.807, 2.05) is 38.1 Å². The van der Waals surface area contributed by atoms with Crippen LogP contribution in [0.25, 0.3) is 10.8 Å². The molecule has 0 heterocycles. The Morgan fingerprint density at radius 2 is 1.54 bits per heavy atom. The van der Waals surface area contributed by atoms with Crippen molar-refractivity contribution in [3.05, 3.63) is 70.8 Å². The largest absolute Gasteiger partial charge is 0.480 e. The van der Waals surface area contributed by atoms with E-state index in [0.717, 1.165) is 72.5 Å². The van der Waals surface area contributed by atoms with Gasteiger partial charge in [-0.25, -0.2) is 9.59 Å². The van der Waals surface area contributed by atoms with Crippen molar-refractivity contribution in [3.63, 3.8) is 0 Å². The second-order valence-corrected chi connectivity index (χ2v) is 11.0. The molecule has 0 unspecified atom stereocenters. The number of carbonyl (C=O) groups excluding carboxylic acids is 2. The van der Waals surface area contributed by atoms with Crippen LogP contribution in [-0.2, 0) is 11.2 Å². The first-order valence-corrected chi connectivity index (χ1v) is 13.9. The molecule has 1 aliphatic carbocycles. The molecule has 0 radical (unpaired) electrons. The summed E-state index contributed by atoms with van der Waals surface area (Å²) < 4.78 is 0. The van der Waals surface area contributed by atoms with E-state index < -0.39 is 23.4 Å². The summed E-state index contributed by atoms with van der Waals surface area (Å²) in [5.41, 5.74) is 3.03. The highest BCUT2D eigenvalue weighted by Crippen LogP contribution is 2.34. The second-order valence-electron chi connectivity index (χ2n) is 11.0. The number of amides is 3. The van der Waals surface area contributed by atoms with Crippen LogP contribution in [0.3, 0.4) is 0 Å². The number of rotatable bonds is 8. The van der Waals surface area contributed by atoms with Crippen molar-refractivity contribution < 1.29 is 19.5 Å². The molecule has 1 atom stereocenters. The molecule has 1 fully saturated rings. The highest BCUT2D eigenvalue weighted by molar-refractivity contribution is 6.10. The summed E-state index contributed by atoms with van der Waals surface area (Å²) in [5, 5.41) is 20.5. The minimum Gasteiger partial charge on any atom is -0.480 e. The lowest BCUT2D eigenvalue weighted by Crippen LogP contribution is -2.57. The summed E-state index contributed by atoms with van der Waals surface area (Å²) in [6.07, 6.45) is 6.50. The first-order valence-electron chi connectivity index (χ1n) is 13.9. The van der Waals surface area contributed by atoms with Gasteiger partial charge in [0.1, 0.15) is 5.54 Å². The number of carboxylic acids is 1. The number of anilines is 2. The van der Waals surface area contributed by atoms with Crippen molar-refractivity contribution in [2.45, 2.75) is 78.2 Å². The zero-order valence-corrected chi connectivity index (χ0v) is 23.3. The van der Waals surface area contributed by atoms with Crippen molar-refractivity contribution in [1.82, 2.24) is 5.32 Å². The first kappa shape index (κ1) is 28.1. The molecule has 39 heavy (non-hydrogen) atoms. The van der Waals surface area contributed by atoms with Crippen LogP contribution < -0.4 is 16.0 Å². The lowest BCUT2D eigenvalue weighted by Gasteiger charge is -2.37. The van der Waals surface area contributed by atoms with Crippen LogP contribution in [0, 0.1) is 19.8 Å². The second kappa shape index (κ2) is 11.9. The maximum absolute atomic E-state index is 13.7. The molecule has 7 nitrogen and oxygen atoms in total. The molecule has 3 aromatic carbocycles. The molecule has 3 amide bonds. The number of urea groups is 1. The van der Waals surface area contributed by atoms with E-state index >= 15 is 0 Å². The van der Waals surface area contributed by atoms with Gasteiger partial charge in [-0.05, 0) is 85.5 Å². The zero-order chi connectivity index (χ0) is 28.2. The molecule has 206 valence electrons. The standard InChI is InChI=1S/C32H39N3O4/c1-5-11-22-16-20(2)28(21(3)17-22)34-31(39)33-27-19-24-13-10-9-12-23(24)18-26(27)29(36)35-32(4,30(37)38)25-14-7-6-8-15-25/h9-10,12-13,16-19,25H,5-8,11,14-15H2,1-4H3,(H,35,36)(H,37,38)(H2,33,34,39)/t32-/m0/s1.